The molecule has 5 heteroatoms. The van der Waals surface area contributed by atoms with Crippen LogP contribution in [0.25, 0.3) is 5.69 Å². The van der Waals surface area contributed by atoms with Crippen LogP contribution in [0.2, 0.25) is 0 Å². The second-order valence-electron chi connectivity index (χ2n) is 7.48. The molecule has 1 fully saturated rings. The van der Waals surface area contributed by atoms with Crippen molar-refractivity contribution >= 4 is 11.6 Å². The lowest BCUT2D eigenvalue weighted by Crippen LogP contribution is -2.42. The third kappa shape index (κ3) is 4.10. The van der Waals surface area contributed by atoms with Gasteiger partial charge in [0.1, 0.15) is 0 Å². The van der Waals surface area contributed by atoms with Gasteiger partial charge in [-0.15, -0.1) is 0 Å². The molecule has 1 N–H and O–H groups in total. The minimum atomic E-state index is 0.0418. The van der Waals surface area contributed by atoms with Gasteiger partial charge in [0.2, 0.25) is 5.91 Å². The Morgan fingerprint density at radius 2 is 1.80 bits per heavy atom. The van der Waals surface area contributed by atoms with Gasteiger partial charge in [-0.05, 0) is 44.2 Å². The maximum atomic E-state index is 12.6. The molecule has 0 spiro atoms. The first-order chi connectivity index (χ1) is 11.9. The van der Waals surface area contributed by atoms with Crippen molar-refractivity contribution in [1.82, 2.24) is 14.7 Å². The largest absolute Gasteiger partial charge is 0.322 e. The highest BCUT2D eigenvalue weighted by atomic mass is 16.2. The van der Waals surface area contributed by atoms with E-state index in [1.54, 1.807) is 0 Å². The number of nitrogens with zero attached hydrogens (tertiary/aromatic N) is 3. The molecule has 2 atom stereocenters. The van der Waals surface area contributed by atoms with Crippen LogP contribution < -0.4 is 5.32 Å². The lowest BCUT2D eigenvalue weighted by atomic mass is 9.92. The highest BCUT2D eigenvalue weighted by Crippen LogP contribution is 2.24. The van der Waals surface area contributed by atoms with Gasteiger partial charge in [-0.2, -0.15) is 5.10 Å². The number of piperidine rings is 1. The number of aryl methyl sites for hydroxylation is 1. The van der Waals surface area contributed by atoms with E-state index in [0.29, 0.717) is 18.4 Å². The van der Waals surface area contributed by atoms with Gasteiger partial charge >= 0.3 is 0 Å². The molecule has 1 amide bonds. The van der Waals surface area contributed by atoms with Crippen molar-refractivity contribution in [3.63, 3.8) is 0 Å². The minimum absolute atomic E-state index is 0.0418. The number of rotatable bonds is 4. The van der Waals surface area contributed by atoms with E-state index in [-0.39, 0.29) is 5.91 Å². The van der Waals surface area contributed by atoms with E-state index in [2.05, 4.69) is 29.2 Å². The van der Waals surface area contributed by atoms with Crippen LogP contribution >= 0.6 is 0 Å². The zero-order chi connectivity index (χ0) is 18.0. The molecule has 1 aromatic heterocycles. The Balaban J connectivity index is 1.70. The highest BCUT2D eigenvalue weighted by Gasteiger charge is 2.24. The van der Waals surface area contributed by atoms with Crippen LogP contribution in [-0.2, 0) is 4.79 Å². The summed E-state index contributed by atoms with van der Waals surface area (Å²) < 4.78 is 1.88. The highest BCUT2D eigenvalue weighted by molar-refractivity contribution is 5.93. The molecule has 0 bridgehead atoms. The Hall–Kier alpha value is -2.14. The maximum Gasteiger partial charge on any atom is 0.238 e. The van der Waals surface area contributed by atoms with Crippen LogP contribution in [0, 0.1) is 25.7 Å². The van der Waals surface area contributed by atoms with Crippen molar-refractivity contribution in [1.29, 1.82) is 0 Å². The fraction of sp³-hybridized carbons (Fsp3) is 0.500. The standard InChI is InChI=1S/C20H28N4O/c1-14-10-15(2)12-23(11-14)13-19(25)21-20-16(3)22-24(17(20)4)18-8-6-5-7-9-18/h5-9,14-15H,10-13H2,1-4H3,(H,21,25)/t14-,15-/m1/s1. The maximum absolute atomic E-state index is 12.6. The first kappa shape index (κ1) is 17.7. The Morgan fingerprint density at radius 1 is 1.16 bits per heavy atom. The van der Waals surface area contributed by atoms with Crippen molar-refractivity contribution in [3.8, 4) is 5.69 Å². The average molecular weight is 340 g/mol. The van der Waals surface area contributed by atoms with E-state index >= 15 is 0 Å². The van der Waals surface area contributed by atoms with E-state index in [4.69, 9.17) is 0 Å². The van der Waals surface area contributed by atoms with Crippen LogP contribution in [0.3, 0.4) is 0 Å². The summed E-state index contributed by atoms with van der Waals surface area (Å²) in [6, 6.07) is 9.99. The molecule has 0 unspecified atom stereocenters. The quantitative estimate of drug-likeness (QED) is 0.928. The van der Waals surface area contributed by atoms with Crippen LogP contribution in [0.15, 0.2) is 30.3 Å². The molecule has 1 aromatic carbocycles. The van der Waals surface area contributed by atoms with Crippen molar-refractivity contribution in [2.24, 2.45) is 11.8 Å². The van der Waals surface area contributed by atoms with Gasteiger partial charge in [0, 0.05) is 13.1 Å². The van der Waals surface area contributed by atoms with Crippen LogP contribution in [0.5, 0.6) is 0 Å². The fourth-order valence-corrected chi connectivity index (χ4v) is 3.95. The van der Waals surface area contributed by atoms with Crippen molar-refractivity contribution in [2.75, 3.05) is 25.0 Å². The van der Waals surface area contributed by atoms with Gasteiger partial charge in [-0.1, -0.05) is 32.0 Å². The number of hydrogen-bond donors (Lipinski definition) is 1. The predicted molar refractivity (Wildman–Crippen MR) is 101 cm³/mol. The molecule has 134 valence electrons. The van der Waals surface area contributed by atoms with E-state index < -0.39 is 0 Å². The summed E-state index contributed by atoms with van der Waals surface area (Å²) in [4.78, 5) is 14.8. The number of benzene rings is 1. The Morgan fingerprint density at radius 3 is 2.44 bits per heavy atom. The molecule has 1 aliphatic heterocycles. The van der Waals surface area contributed by atoms with E-state index in [0.717, 1.165) is 35.9 Å². The summed E-state index contributed by atoms with van der Waals surface area (Å²) in [5.41, 5.74) is 3.63. The number of carbonyl (C=O) groups excluding carboxylic acids is 1. The van der Waals surface area contributed by atoms with Gasteiger partial charge in [0.15, 0.2) is 0 Å². The zero-order valence-corrected chi connectivity index (χ0v) is 15.6. The molecule has 0 radical (unpaired) electrons. The zero-order valence-electron chi connectivity index (χ0n) is 15.6. The molecule has 1 saturated heterocycles. The number of carbonyl (C=O) groups is 1. The summed E-state index contributed by atoms with van der Waals surface area (Å²) in [6.07, 6.45) is 1.25. The molecule has 5 nitrogen and oxygen atoms in total. The second kappa shape index (κ2) is 7.40. The van der Waals surface area contributed by atoms with Crippen molar-refractivity contribution < 1.29 is 4.79 Å². The normalized spacial score (nSPS) is 21.3. The fourth-order valence-electron chi connectivity index (χ4n) is 3.95. The number of anilines is 1. The predicted octanol–water partition coefficient (Wildman–Crippen LogP) is 3.41. The molecule has 1 aliphatic rings. The molecule has 0 saturated carbocycles. The number of likely N-dealkylation sites (tertiary alicyclic amines) is 1. The van der Waals surface area contributed by atoms with Gasteiger partial charge in [0.05, 0.1) is 29.3 Å². The molecule has 2 aromatic rings. The van der Waals surface area contributed by atoms with Crippen LogP contribution in [-0.4, -0.2) is 40.2 Å². The molecule has 3 rings (SSSR count). The van der Waals surface area contributed by atoms with Gasteiger partial charge in [-0.3, -0.25) is 9.69 Å². The monoisotopic (exact) mass is 340 g/mol. The smallest absolute Gasteiger partial charge is 0.238 e. The summed E-state index contributed by atoms with van der Waals surface area (Å²) in [6.45, 7) is 10.9. The Kier molecular flexibility index (Phi) is 5.23. The third-order valence-corrected chi connectivity index (χ3v) is 4.87. The molecular weight excluding hydrogens is 312 g/mol. The molecular formula is C20H28N4O. The lowest BCUT2D eigenvalue weighted by molar-refractivity contribution is -0.117. The second-order valence-corrected chi connectivity index (χ2v) is 7.48. The topological polar surface area (TPSA) is 50.2 Å². The Labute approximate surface area is 150 Å². The number of nitrogens with one attached hydrogen (secondary N) is 1. The van der Waals surface area contributed by atoms with Crippen LogP contribution in [0.4, 0.5) is 5.69 Å². The molecule has 25 heavy (non-hydrogen) atoms. The first-order valence-corrected chi connectivity index (χ1v) is 9.08. The first-order valence-electron chi connectivity index (χ1n) is 9.08. The van der Waals surface area contributed by atoms with E-state index in [1.165, 1.54) is 6.42 Å². The SMILES string of the molecule is Cc1nn(-c2ccccc2)c(C)c1NC(=O)CN1C[C@H](C)C[C@@H](C)C1. The summed E-state index contributed by atoms with van der Waals surface area (Å²) in [5.74, 6) is 1.35. The molecule has 2 heterocycles. The number of hydrogen-bond acceptors (Lipinski definition) is 3. The van der Waals surface area contributed by atoms with Crippen molar-refractivity contribution in [3.05, 3.63) is 41.7 Å². The molecule has 0 aliphatic carbocycles. The van der Waals surface area contributed by atoms with Gasteiger partial charge in [0.25, 0.3) is 0 Å². The Bertz CT molecular complexity index is 728. The van der Waals surface area contributed by atoms with Crippen LogP contribution in [0.1, 0.15) is 31.7 Å². The average Bonchev–Trinajstić information content (AvgIpc) is 2.83. The number of amides is 1. The van der Waals surface area contributed by atoms with E-state index in [1.807, 2.05) is 48.9 Å². The number of para-hydroxylation sites is 1. The summed E-state index contributed by atoms with van der Waals surface area (Å²) in [5, 5.41) is 7.67. The van der Waals surface area contributed by atoms with E-state index in [9.17, 15) is 4.79 Å². The number of aromatic nitrogens is 2. The third-order valence-electron chi connectivity index (χ3n) is 4.87. The minimum Gasteiger partial charge on any atom is -0.322 e. The summed E-state index contributed by atoms with van der Waals surface area (Å²) >= 11 is 0. The summed E-state index contributed by atoms with van der Waals surface area (Å²) in [7, 11) is 0. The van der Waals surface area contributed by atoms with Crippen molar-refractivity contribution in [2.45, 2.75) is 34.1 Å². The van der Waals surface area contributed by atoms with Gasteiger partial charge in [-0.25, -0.2) is 4.68 Å². The van der Waals surface area contributed by atoms with Gasteiger partial charge < -0.3 is 5.32 Å². The lowest BCUT2D eigenvalue weighted by Gasteiger charge is -2.34.